The Bertz CT molecular complexity index is 605. The van der Waals surface area contributed by atoms with Gasteiger partial charge in [0, 0.05) is 19.1 Å². The normalized spacial score (nSPS) is 18.0. The van der Waals surface area contributed by atoms with E-state index in [-0.39, 0.29) is 0 Å². The van der Waals surface area contributed by atoms with E-state index >= 15 is 0 Å². The lowest BCUT2D eigenvalue weighted by Gasteiger charge is -2.35. The first kappa shape index (κ1) is 15.1. The maximum absolute atomic E-state index is 5.83. The third-order valence-electron chi connectivity index (χ3n) is 4.60. The zero-order valence-electron chi connectivity index (χ0n) is 13.6. The fourth-order valence-corrected chi connectivity index (χ4v) is 3.22. The number of ether oxygens (including phenoxy) is 1. The summed E-state index contributed by atoms with van der Waals surface area (Å²) in [4.78, 5) is 2.57. The van der Waals surface area contributed by atoms with Crippen molar-refractivity contribution in [1.82, 2.24) is 4.90 Å². The van der Waals surface area contributed by atoms with Crippen molar-refractivity contribution in [2.45, 2.75) is 32.7 Å². The summed E-state index contributed by atoms with van der Waals surface area (Å²) >= 11 is 0. The molecule has 1 heterocycles. The lowest BCUT2D eigenvalue weighted by atomic mass is 9.93. The molecule has 2 nitrogen and oxygen atoms in total. The second kappa shape index (κ2) is 6.97. The summed E-state index contributed by atoms with van der Waals surface area (Å²) in [7, 11) is 0. The molecule has 22 heavy (non-hydrogen) atoms. The van der Waals surface area contributed by atoms with Crippen LogP contribution < -0.4 is 4.74 Å². The van der Waals surface area contributed by atoms with Crippen molar-refractivity contribution in [2.75, 3.05) is 19.7 Å². The molecule has 1 atom stereocenters. The van der Waals surface area contributed by atoms with Gasteiger partial charge in [0.05, 0.1) is 6.61 Å². The highest BCUT2D eigenvalue weighted by Gasteiger charge is 2.22. The predicted molar refractivity (Wildman–Crippen MR) is 91.4 cm³/mol. The SMILES string of the molecule is Cc1ccc(OCCCN2CCc3ccccc3C2C)cc1. The van der Waals surface area contributed by atoms with Gasteiger partial charge in [-0.3, -0.25) is 4.90 Å². The Morgan fingerprint density at radius 2 is 1.86 bits per heavy atom. The van der Waals surface area contributed by atoms with Crippen LogP contribution in [-0.2, 0) is 6.42 Å². The molecule has 0 aliphatic carbocycles. The van der Waals surface area contributed by atoms with Crippen LogP contribution in [0.15, 0.2) is 48.5 Å². The summed E-state index contributed by atoms with van der Waals surface area (Å²) in [5, 5.41) is 0. The van der Waals surface area contributed by atoms with Gasteiger partial charge in [-0.1, -0.05) is 42.0 Å². The molecule has 0 N–H and O–H groups in total. The molecular weight excluding hydrogens is 270 g/mol. The van der Waals surface area contributed by atoms with Gasteiger partial charge in [-0.2, -0.15) is 0 Å². The van der Waals surface area contributed by atoms with Crippen LogP contribution in [0, 0.1) is 6.92 Å². The van der Waals surface area contributed by atoms with Gasteiger partial charge in [-0.15, -0.1) is 0 Å². The van der Waals surface area contributed by atoms with Gasteiger partial charge in [0.15, 0.2) is 0 Å². The average Bonchev–Trinajstić information content (AvgIpc) is 2.55. The van der Waals surface area contributed by atoms with E-state index in [2.05, 4.69) is 67.3 Å². The molecule has 1 aliphatic heterocycles. The molecule has 2 aromatic carbocycles. The Morgan fingerprint density at radius 3 is 2.68 bits per heavy atom. The van der Waals surface area contributed by atoms with Crippen LogP contribution in [0.3, 0.4) is 0 Å². The van der Waals surface area contributed by atoms with Crippen LogP contribution in [0.25, 0.3) is 0 Å². The first-order valence-corrected chi connectivity index (χ1v) is 8.25. The number of rotatable bonds is 5. The Kier molecular flexibility index (Phi) is 4.79. The van der Waals surface area contributed by atoms with Gasteiger partial charge in [-0.25, -0.2) is 0 Å². The highest BCUT2D eigenvalue weighted by Crippen LogP contribution is 2.28. The standard InChI is InChI=1S/C20H25NO/c1-16-8-10-19(11-9-16)22-15-5-13-21-14-12-18-6-3-4-7-20(18)17(21)2/h3-4,6-11,17H,5,12-15H2,1-2H3. The van der Waals surface area contributed by atoms with Crippen molar-refractivity contribution in [3.8, 4) is 5.75 Å². The van der Waals surface area contributed by atoms with Gasteiger partial charge in [0.2, 0.25) is 0 Å². The fraction of sp³-hybridized carbons (Fsp3) is 0.400. The van der Waals surface area contributed by atoms with E-state index in [9.17, 15) is 0 Å². The van der Waals surface area contributed by atoms with Crippen LogP contribution >= 0.6 is 0 Å². The molecule has 0 saturated heterocycles. The smallest absolute Gasteiger partial charge is 0.119 e. The van der Waals surface area contributed by atoms with Crippen molar-refractivity contribution in [1.29, 1.82) is 0 Å². The maximum Gasteiger partial charge on any atom is 0.119 e. The molecule has 116 valence electrons. The van der Waals surface area contributed by atoms with Crippen LogP contribution in [0.2, 0.25) is 0 Å². The van der Waals surface area contributed by atoms with Gasteiger partial charge >= 0.3 is 0 Å². The molecule has 0 fully saturated rings. The minimum absolute atomic E-state index is 0.518. The second-order valence-corrected chi connectivity index (χ2v) is 6.18. The molecule has 0 amide bonds. The third kappa shape index (κ3) is 3.50. The van der Waals surface area contributed by atoms with E-state index < -0.39 is 0 Å². The van der Waals surface area contributed by atoms with Crippen molar-refractivity contribution >= 4 is 0 Å². The van der Waals surface area contributed by atoms with E-state index in [0.29, 0.717) is 6.04 Å². The Hall–Kier alpha value is -1.80. The van der Waals surface area contributed by atoms with E-state index in [1.54, 1.807) is 0 Å². The first-order chi connectivity index (χ1) is 10.7. The summed E-state index contributed by atoms with van der Waals surface area (Å²) in [6.45, 7) is 7.45. The minimum atomic E-state index is 0.518. The van der Waals surface area contributed by atoms with Gasteiger partial charge in [0.1, 0.15) is 5.75 Å². The highest BCUT2D eigenvalue weighted by molar-refractivity contribution is 5.32. The molecule has 0 radical (unpaired) electrons. The number of fused-ring (bicyclic) bond motifs is 1. The molecule has 0 bridgehead atoms. The summed E-state index contributed by atoms with van der Waals surface area (Å²) in [5.41, 5.74) is 4.28. The first-order valence-electron chi connectivity index (χ1n) is 8.25. The van der Waals surface area contributed by atoms with E-state index in [1.165, 1.54) is 23.1 Å². The number of hydrogen-bond donors (Lipinski definition) is 0. The number of nitrogens with zero attached hydrogens (tertiary/aromatic N) is 1. The molecule has 3 rings (SSSR count). The lowest BCUT2D eigenvalue weighted by molar-refractivity contribution is 0.179. The zero-order valence-corrected chi connectivity index (χ0v) is 13.6. The molecule has 1 unspecified atom stereocenters. The number of benzene rings is 2. The van der Waals surface area contributed by atoms with Gasteiger partial charge in [-0.05, 0) is 49.9 Å². The predicted octanol–water partition coefficient (Wildman–Crippen LogP) is 4.38. The maximum atomic E-state index is 5.83. The molecule has 0 aromatic heterocycles. The quantitative estimate of drug-likeness (QED) is 0.759. The van der Waals surface area contributed by atoms with E-state index in [4.69, 9.17) is 4.74 Å². The van der Waals surface area contributed by atoms with Gasteiger partial charge in [0.25, 0.3) is 0 Å². The van der Waals surface area contributed by atoms with Crippen molar-refractivity contribution in [3.63, 3.8) is 0 Å². The van der Waals surface area contributed by atoms with Crippen LogP contribution in [-0.4, -0.2) is 24.6 Å². The topological polar surface area (TPSA) is 12.5 Å². The molecule has 2 aromatic rings. The molecule has 0 spiro atoms. The Balaban J connectivity index is 1.47. The Labute approximate surface area is 133 Å². The number of hydrogen-bond acceptors (Lipinski definition) is 2. The molecule has 0 saturated carbocycles. The lowest BCUT2D eigenvalue weighted by Crippen LogP contribution is -2.35. The van der Waals surface area contributed by atoms with Crippen molar-refractivity contribution < 1.29 is 4.74 Å². The van der Waals surface area contributed by atoms with Crippen molar-refractivity contribution in [2.24, 2.45) is 0 Å². The third-order valence-corrected chi connectivity index (χ3v) is 4.60. The van der Waals surface area contributed by atoms with Crippen LogP contribution in [0.4, 0.5) is 0 Å². The largest absolute Gasteiger partial charge is 0.494 e. The van der Waals surface area contributed by atoms with Crippen LogP contribution in [0.5, 0.6) is 5.75 Å². The van der Waals surface area contributed by atoms with Crippen molar-refractivity contribution in [3.05, 3.63) is 65.2 Å². The Morgan fingerprint density at radius 1 is 1.09 bits per heavy atom. The summed E-state index contributed by atoms with van der Waals surface area (Å²) in [6, 6.07) is 17.7. The summed E-state index contributed by atoms with van der Waals surface area (Å²) < 4.78 is 5.83. The summed E-state index contributed by atoms with van der Waals surface area (Å²) in [5.74, 6) is 0.975. The van der Waals surface area contributed by atoms with E-state index in [0.717, 1.165) is 31.9 Å². The minimum Gasteiger partial charge on any atom is -0.494 e. The molecule has 2 heteroatoms. The van der Waals surface area contributed by atoms with E-state index in [1.807, 2.05) is 0 Å². The van der Waals surface area contributed by atoms with Gasteiger partial charge < -0.3 is 4.74 Å². The molecular formula is C20H25NO. The monoisotopic (exact) mass is 295 g/mol. The summed E-state index contributed by atoms with van der Waals surface area (Å²) in [6.07, 6.45) is 2.24. The second-order valence-electron chi connectivity index (χ2n) is 6.18. The zero-order chi connectivity index (χ0) is 15.4. The van der Waals surface area contributed by atoms with Crippen LogP contribution in [0.1, 0.15) is 36.1 Å². The average molecular weight is 295 g/mol. The highest BCUT2D eigenvalue weighted by atomic mass is 16.5. The molecule has 1 aliphatic rings. The number of aryl methyl sites for hydroxylation is 1. The fourth-order valence-electron chi connectivity index (χ4n) is 3.22.